The maximum Gasteiger partial charge on any atom is 0.320 e. The van der Waals surface area contributed by atoms with E-state index >= 15 is 0 Å². The molecule has 1 N–H and O–H groups in total. The molecule has 0 bridgehead atoms. The number of carboxylic acids is 1. The minimum absolute atomic E-state index is 0.142. The van der Waals surface area contributed by atoms with Gasteiger partial charge in [-0.15, -0.1) is 0 Å². The Labute approximate surface area is 101 Å². The molecule has 0 aromatic heterocycles. The van der Waals surface area contributed by atoms with Crippen molar-refractivity contribution in [3.05, 3.63) is 0 Å². The lowest BCUT2D eigenvalue weighted by Gasteiger charge is -2.32. The highest BCUT2D eigenvalue weighted by molar-refractivity contribution is 5.77. The SMILES string of the molecule is CCN(C)C(=O)N(CC)C1COCC1C(=O)O. The van der Waals surface area contributed by atoms with E-state index in [1.807, 2.05) is 13.8 Å². The number of carbonyl (C=O) groups excluding carboxylic acids is 1. The summed E-state index contributed by atoms with van der Waals surface area (Å²) in [5.74, 6) is -1.53. The molecule has 1 rings (SSSR count). The quantitative estimate of drug-likeness (QED) is 0.781. The first-order valence-corrected chi connectivity index (χ1v) is 5.85. The zero-order chi connectivity index (χ0) is 13.0. The summed E-state index contributed by atoms with van der Waals surface area (Å²) in [6.07, 6.45) is 0. The van der Waals surface area contributed by atoms with E-state index in [4.69, 9.17) is 9.84 Å². The van der Waals surface area contributed by atoms with Crippen molar-refractivity contribution in [1.82, 2.24) is 9.80 Å². The van der Waals surface area contributed by atoms with Crippen LogP contribution in [0.3, 0.4) is 0 Å². The Morgan fingerprint density at radius 1 is 1.29 bits per heavy atom. The molecular weight excluding hydrogens is 224 g/mol. The molecule has 1 aliphatic rings. The van der Waals surface area contributed by atoms with Crippen molar-refractivity contribution in [2.24, 2.45) is 5.92 Å². The predicted octanol–water partition coefficient (Wildman–Crippen LogP) is 0.480. The normalized spacial score (nSPS) is 23.5. The zero-order valence-corrected chi connectivity index (χ0v) is 10.5. The molecule has 1 aliphatic heterocycles. The van der Waals surface area contributed by atoms with Crippen molar-refractivity contribution in [1.29, 1.82) is 0 Å². The number of ether oxygens (including phenoxy) is 1. The number of aliphatic carboxylic acids is 1. The van der Waals surface area contributed by atoms with Gasteiger partial charge in [-0.05, 0) is 13.8 Å². The van der Waals surface area contributed by atoms with Crippen LogP contribution in [0, 0.1) is 5.92 Å². The third kappa shape index (κ3) is 2.88. The first-order valence-electron chi connectivity index (χ1n) is 5.85. The minimum atomic E-state index is -0.905. The van der Waals surface area contributed by atoms with Crippen LogP contribution in [0.25, 0.3) is 0 Å². The van der Waals surface area contributed by atoms with Gasteiger partial charge in [0, 0.05) is 20.1 Å². The smallest absolute Gasteiger partial charge is 0.320 e. The molecule has 0 saturated carbocycles. The number of carbonyl (C=O) groups is 2. The lowest BCUT2D eigenvalue weighted by Crippen LogP contribution is -2.50. The van der Waals surface area contributed by atoms with Gasteiger partial charge in [-0.25, -0.2) is 4.79 Å². The van der Waals surface area contributed by atoms with Crippen molar-refractivity contribution >= 4 is 12.0 Å². The van der Waals surface area contributed by atoms with E-state index in [1.165, 1.54) is 0 Å². The van der Waals surface area contributed by atoms with Gasteiger partial charge < -0.3 is 19.6 Å². The Kier molecular flexibility index (Phi) is 4.74. The highest BCUT2D eigenvalue weighted by Crippen LogP contribution is 2.21. The Hall–Kier alpha value is -1.30. The van der Waals surface area contributed by atoms with Gasteiger partial charge in [0.15, 0.2) is 0 Å². The molecule has 6 heteroatoms. The minimum Gasteiger partial charge on any atom is -0.481 e. The average molecular weight is 244 g/mol. The third-order valence-corrected chi connectivity index (χ3v) is 3.16. The summed E-state index contributed by atoms with van der Waals surface area (Å²) in [4.78, 5) is 26.3. The largest absolute Gasteiger partial charge is 0.481 e. The molecule has 1 heterocycles. The van der Waals surface area contributed by atoms with Gasteiger partial charge in [-0.1, -0.05) is 0 Å². The summed E-state index contributed by atoms with van der Waals surface area (Å²) in [7, 11) is 1.70. The van der Waals surface area contributed by atoms with Crippen LogP contribution in [0.1, 0.15) is 13.8 Å². The van der Waals surface area contributed by atoms with Gasteiger partial charge in [0.1, 0.15) is 5.92 Å². The van der Waals surface area contributed by atoms with Crippen molar-refractivity contribution in [2.45, 2.75) is 19.9 Å². The monoisotopic (exact) mass is 244 g/mol. The molecule has 1 saturated heterocycles. The average Bonchev–Trinajstić information content (AvgIpc) is 2.78. The molecule has 17 heavy (non-hydrogen) atoms. The molecule has 2 atom stereocenters. The summed E-state index contributed by atoms with van der Waals surface area (Å²) in [6, 6.07) is -0.504. The van der Waals surface area contributed by atoms with Crippen LogP contribution >= 0.6 is 0 Å². The number of carboxylic acid groups (broad SMARTS) is 1. The maximum atomic E-state index is 12.1. The highest BCUT2D eigenvalue weighted by Gasteiger charge is 2.40. The predicted molar refractivity (Wildman–Crippen MR) is 61.8 cm³/mol. The number of likely N-dealkylation sites (N-methyl/N-ethyl adjacent to an activating group) is 1. The number of hydrogen-bond donors (Lipinski definition) is 1. The van der Waals surface area contributed by atoms with Crippen LogP contribution in [-0.4, -0.2) is 66.3 Å². The third-order valence-electron chi connectivity index (χ3n) is 3.16. The lowest BCUT2D eigenvalue weighted by molar-refractivity contribution is -0.142. The Morgan fingerprint density at radius 2 is 1.94 bits per heavy atom. The molecule has 0 aromatic rings. The molecule has 0 aromatic carbocycles. The van der Waals surface area contributed by atoms with E-state index in [1.54, 1.807) is 16.8 Å². The number of amides is 2. The second kappa shape index (κ2) is 5.86. The van der Waals surface area contributed by atoms with Gasteiger partial charge in [-0.3, -0.25) is 4.79 Å². The summed E-state index contributed by atoms with van der Waals surface area (Å²) in [5.41, 5.74) is 0. The van der Waals surface area contributed by atoms with E-state index in [0.717, 1.165) is 0 Å². The van der Waals surface area contributed by atoms with Crippen LogP contribution in [0.2, 0.25) is 0 Å². The molecular formula is C11H20N2O4. The standard InChI is InChI=1S/C11H20N2O4/c1-4-12(3)11(16)13(5-2)9-7-17-6-8(9)10(14)15/h8-9H,4-7H2,1-3H3,(H,14,15). The molecule has 2 amide bonds. The van der Waals surface area contributed by atoms with Gasteiger partial charge in [-0.2, -0.15) is 0 Å². The van der Waals surface area contributed by atoms with Crippen LogP contribution < -0.4 is 0 Å². The van der Waals surface area contributed by atoms with Gasteiger partial charge in [0.2, 0.25) is 0 Å². The Balaban J connectivity index is 2.79. The zero-order valence-electron chi connectivity index (χ0n) is 10.5. The molecule has 6 nitrogen and oxygen atoms in total. The second-order valence-corrected chi connectivity index (χ2v) is 4.13. The Morgan fingerprint density at radius 3 is 2.41 bits per heavy atom. The van der Waals surface area contributed by atoms with E-state index in [0.29, 0.717) is 19.7 Å². The van der Waals surface area contributed by atoms with E-state index in [9.17, 15) is 9.59 Å². The van der Waals surface area contributed by atoms with Crippen molar-refractivity contribution in [3.63, 3.8) is 0 Å². The van der Waals surface area contributed by atoms with E-state index in [-0.39, 0.29) is 18.7 Å². The second-order valence-electron chi connectivity index (χ2n) is 4.13. The molecule has 2 unspecified atom stereocenters. The Bertz CT molecular complexity index is 295. The summed E-state index contributed by atoms with van der Waals surface area (Å²) in [6.45, 7) is 5.29. The van der Waals surface area contributed by atoms with Crippen molar-refractivity contribution in [3.8, 4) is 0 Å². The van der Waals surface area contributed by atoms with Crippen LogP contribution in [0.5, 0.6) is 0 Å². The summed E-state index contributed by atoms with van der Waals surface area (Å²) in [5, 5.41) is 9.07. The summed E-state index contributed by atoms with van der Waals surface area (Å²) >= 11 is 0. The van der Waals surface area contributed by atoms with Crippen LogP contribution in [-0.2, 0) is 9.53 Å². The van der Waals surface area contributed by atoms with Crippen LogP contribution in [0.4, 0.5) is 4.79 Å². The molecule has 98 valence electrons. The first-order chi connectivity index (χ1) is 8.02. The van der Waals surface area contributed by atoms with Gasteiger partial charge in [0.25, 0.3) is 0 Å². The highest BCUT2D eigenvalue weighted by atomic mass is 16.5. The molecule has 0 spiro atoms. The first kappa shape index (κ1) is 13.8. The fourth-order valence-corrected chi connectivity index (χ4v) is 1.95. The number of urea groups is 1. The molecule has 0 radical (unpaired) electrons. The summed E-state index contributed by atoms with van der Waals surface area (Å²) < 4.78 is 5.18. The lowest BCUT2D eigenvalue weighted by atomic mass is 10.0. The fourth-order valence-electron chi connectivity index (χ4n) is 1.95. The maximum absolute atomic E-state index is 12.1. The molecule has 1 fully saturated rings. The van der Waals surface area contributed by atoms with E-state index in [2.05, 4.69) is 0 Å². The van der Waals surface area contributed by atoms with Crippen LogP contribution in [0.15, 0.2) is 0 Å². The van der Waals surface area contributed by atoms with Gasteiger partial charge in [0.05, 0.1) is 19.3 Å². The number of rotatable bonds is 4. The fraction of sp³-hybridized carbons (Fsp3) is 0.818. The number of hydrogen-bond acceptors (Lipinski definition) is 3. The van der Waals surface area contributed by atoms with Crippen molar-refractivity contribution in [2.75, 3.05) is 33.4 Å². The number of nitrogens with zero attached hydrogens (tertiary/aromatic N) is 2. The van der Waals surface area contributed by atoms with E-state index < -0.39 is 11.9 Å². The van der Waals surface area contributed by atoms with Gasteiger partial charge >= 0.3 is 12.0 Å². The molecule has 0 aliphatic carbocycles. The van der Waals surface area contributed by atoms with Crippen molar-refractivity contribution < 1.29 is 19.4 Å². The topological polar surface area (TPSA) is 70.1 Å².